The minimum Gasteiger partial charge on any atom is -0.396 e. The molecule has 0 unspecified atom stereocenters. The fraction of sp³-hybridized carbons (Fsp3) is 0.364. The number of benzene rings is 1. The van der Waals surface area contributed by atoms with E-state index < -0.39 is 0 Å². The minimum absolute atomic E-state index is 0.306. The summed E-state index contributed by atoms with van der Waals surface area (Å²) < 4.78 is 1.01. The Balaban J connectivity index is 0.000000292. The maximum Gasteiger partial charge on any atom is 0.100 e. The van der Waals surface area contributed by atoms with Crippen molar-refractivity contribution in [2.75, 3.05) is 6.61 Å². The predicted molar refractivity (Wildman–Crippen MR) is 65.8 cm³/mol. The highest BCUT2D eigenvalue weighted by atomic mass is 127. The van der Waals surface area contributed by atoms with E-state index in [1.54, 1.807) is 0 Å². The predicted octanol–water partition coefficient (Wildman–Crippen LogP) is 2.80. The largest absolute Gasteiger partial charge is 0.396 e. The van der Waals surface area contributed by atoms with Crippen LogP contribution in [0.4, 0.5) is 0 Å². The van der Waals surface area contributed by atoms with Gasteiger partial charge in [-0.3, -0.25) is 0 Å². The van der Waals surface area contributed by atoms with E-state index in [9.17, 15) is 0 Å². The molecule has 1 N–H and O–H groups in total. The molecule has 76 valence electrons. The lowest BCUT2D eigenvalue weighted by Crippen LogP contribution is -1.90. The minimum atomic E-state index is 0.306. The van der Waals surface area contributed by atoms with E-state index in [2.05, 4.69) is 28.7 Å². The van der Waals surface area contributed by atoms with E-state index in [-0.39, 0.29) is 0 Å². The van der Waals surface area contributed by atoms with Gasteiger partial charge in [0.1, 0.15) is 6.07 Å². The summed E-state index contributed by atoms with van der Waals surface area (Å²) in [6.07, 6.45) is 0. The van der Waals surface area contributed by atoms with Crippen molar-refractivity contribution in [3.8, 4) is 6.07 Å². The monoisotopic (exact) mass is 303 g/mol. The van der Waals surface area contributed by atoms with Gasteiger partial charge in [-0.25, -0.2) is 0 Å². The number of aliphatic hydroxyl groups is 1. The first-order chi connectivity index (χ1) is 6.61. The van der Waals surface area contributed by atoms with Crippen molar-refractivity contribution in [1.29, 1.82) is 5.26 Å². The fourth-order valence-corrected chi connectivity index (χ4v) is 1.06. The van der Waals surface area contributed by atoms with Crippen LogP contribution >= 0.6 is 22.6 Å². The van der Waals surface area contributed by atoms with Crippen molar-refractivity contribution in [2.45, 2.75) is 13.8 Å². The van der Waals surface area contributed by atoms with Crippen LogP contribution in [0.5, 0.6) is 0 Å². The van der Waals surface area contributed by atoms with Gasteiger partial charge in [-0.2, -0.15) is 5.26 Å². The lowest BCUT2D eigenvalue weighted by molar-refractivity contribution is 0.248. The number of hydrogen-bond acceptors (Lipinski definition) is 2. The third-order valence-corrected chi connectivity index (χ3v) is 2.30. The van der Waals surface area contributed by atoms with Gasteiger partial charge in [-0.05, 0) is 40.6 Å². The summed E-state index contributed by atoms with van der Waals surface area (Å²) in [6, 6.07) is 9.59. The van der Waals surface area contributed by atoms with Gasteiger partial charge in [0.05, 0.1) is 5.56 Å². The second-order valence-corrected chi connectivity index (χ2v) is 4.33. The highest BCUT2D eigenvalue weighted by molar-refractivity contribution is 14.1. The zero-order valence-corrected chi connectivity index (χ0v) is 10.5. The average molecular weight is 303 g/mol. The molecular formula is C11H14INO. The van der Waals surface area contributed by atoms with Crippen LogP contribution in [-0.2, 0) is 0 Å². The van der Waals surface area contributed by atoms with Crippen LogP contribution < -0.4 is 0 Å². The number of halogens is 1. The molecular weight excluding hydrogens is 289 g/mol. The molecule has 0 aliphatic heterocycles. The molecule has 0 atom stereocenters. The van der Waals surface area contributed by atoms with Crippen LogP contribution in [0, 0.1) is 20.8 Å². The Bertz CT molecular complexity index is 304. The first kappa shape index (κ1) is 13.4. The van der Waals surface area contributed by atoms with E-state index in [1.165, 1.54) is 0 Å². The Hall–Kier alpha value is -0.600. The molecule has 14 heavy (non-hydrogen) atoms. The summed E-state index contributed by atoms with van der Waals surface area (Å²) in [6.45, 7) is 4.25. The molecule has 0 bridgehead atoms. The van der Waals surface area contributed by atoms with Crippen molar-refractivity contribution >= 4 is 22.6 Å². The van der Waals surface area contributed by atoms with Crippen molar-refractivity contribution in [1.82, 2.24) is 0 Å². The van der Waals surface area contributed by atoms with Gasteiger partial charge in [0.15, 0.2) is 0 Å². The molecule has 0 radical (unpaired) electrons. The summed E-state index contributed by atoms with van der Waals surface area (Å²) in [7, 11) is 0. The van der Waals surface area contributed by atoms with Crippen molar-refractivity contribution < 1.29 is 5.11 Å². The first-order valence-electron chi connectivity index (χ1n) is 4.37. The SMILES string of the molecule is CC(C)CO.N#Cc1ccccc1I. The molecule has 0 aliphatic carbocycles. The van der Waals surface area contributed by atoms with E-state index in [0.717, 1.165) is 9.13 Å². The topological polar surface area (TPSA) is 44.0 Å². The van der Waals surface area contributed by atoms with Crippen molar-refractivity contribution in [3.05, 3.63) is 33.4 Å². The quantitative estimate of drug-likeness (QED) is 0.811. The molecule has 3 heteroatoms. The van der Waals surface area contributed by atoms with E-state index in [1.807, 2.05) is 38.1 Å². The number of nitriles is 1. The van der Waals surface area contributed by atoms with Gasteiger partial charge in [0, 0.05) is 10.2 Å². The third-order valence-electron chi connectivity index (χ3n) is 1.36. The summed E-state index contributed by atoms with van der Waals surface area (Å²) in [5, 5.41) is 16.6. The second-order valence-electron chi connectivity index (χ2n) is 3.17. The molecule has 0 saturated heterocycles. The molecule has 0 spiro atoms. The maximum absolute atomic E-state index is 8.46. The number of hydrogen-bond donors (Lipinski definition) is 1. The first-order valence-corrected chi connectivity index (χ1v) is 5.45. The number of rotatable bonds is 1. The fourth-order valence-electron chi connectivity index (χ4n) is 0.552. The summed E-state index contributed by atoms with van der Waals surface area (Å²) >= 11 is 2.14. The molecule has 1 aromatic rings. The summed E-state index contributed by atoms with van der Waals surface area (Å²) in [5.74, 6) is 0.440. The normalized spacial score (nSPS) is 8.86. The molecule has 1 rings (SSSR count). The Morgan fingerprint density at radius 2 is 1.93 bits per heavy atom. The number of aliphatic hydroxyl groups excluding tert-OH is 1. The smallest absolute Gasteiger partial charge is 0.100 e. The molecule has 0 saturated carbocycles. The van der Waals surface area contributed by atoms with E-state index in [0.29, 0.717) is 12.5 Å². The van der Waals surface area contributed by atoms with Crippen LogP contribution in [0.15, 0.2) is 24.3 Å². The zero-order valence-electron chi connectivity index (χ0n) is 8.37. The molecule has 2 nitrogen and oxygen atoms in total. The van der Waals surface area contributed by atoms with Gasteiger partial charge in [-0.1, -0.05) is 26.0 Å². The standard InChI is InChI=1S/C7H4IN.C4H10O/c8-7-4-2-1-3-6(7)5-9;1-4(2)3-5/h1-4H;4-5H,3H2,1-2H3. The van der Waals surface area contributed by atoms with Crippen LogP contribution in [-0.4, -0.2) is 11.7 Å². The lowest BCUT2D eigenvalue weighted by atomic mass is 10.2. The van der Waals surface area contributed by atoms with Gasteiger partial charge in [-0.15, -0.1) is 0 Å². The van der Waals surface area contributed by atoms with Gasteiger partial charge < -0.3 is 5.11 Å². The lowest BCUT2D eigenvalue weighted by Gasteiger charge is -1.90. The molecule has 0 amide bonds. The van der Waals surface area contributed by atoms with Gasteiger partial charge in [0.25, 0.3) is 0 Å². The zero-order chi connectivity index (χ0) is 11.0. The highest BCUT2D eigenvalue weighted by Crippen LogP contribution is 2.08. The number of nitrogens with zero attached hydrogens (tertiary/aromatic N) is 1. The van der Waals surface area contributed by atoms with Crippen molar-refractivity contribution in [2.24, 2.45) is 5.92 Å². The Labute approximate surface area is 98.7 Å². The van der Waals surface area contributed by atoms with Crippen LogP contribution in [0.2, 0.25) is 0 Å². The van der Waals surface area contributed by atoms with Gasteiger partial charge >= 0.3 is 0 Å². The van der Waals surface area contributed by atoms with Crippen LogP contribution in [0.1, 0.15) is 19.4 Å². The molecule has 0 heterocycles. The summed E-state index contributed by atoms with van der Waals surface area (Å²) in [4.78, 5) is 0. The average Bonchev–Trinajstić information content (AvgIpc) is 2.19. The highest BCUT2D eigenvalue weighted by Gasteiger charge is 1.91. The molecule has 0 aliphatic rings. The van der Waals surface area contributed by atoms with Gasteiger partial charge in [0.2, 0.25) is 0 Å². The maximum atomic E-state index is 8.46. The van der Waals surface area contributed by atoms with Crippen molar-refractivity contribution in [3.63, 3.8) is 0 Å². The molecule has 0 fully saturated rings. The van der Waals surface area contributed by atoms with E-state index >= 15 is 0 Å². The molecule has 1 aromatic carbocycles. The second kappa shape index (κ2) is 7.77. The Morgan fingerprint density at radius 1 is 1.43 bits per heavy atom. The third kappa shape index (κ3) is 5.95. The molecule has 0 aromatic heterocycles. The Kier molecular flexibility index (Phi) is 7.44. The van der Waals surface area contributed by atoms with Crippen LogP contribution in [0.25, 0.3) is 0 Å². The van der Waals surface area contributed by atoms with Crippen LogP contribution in [0.3, 0.4) is 0 Å². The summed E-state index contributed by atoms with van der Waals surface area (Å²) in [5.41, 5.74) is 0.748. The van der Waals surface area contributed by atoms with E-state index in [4.69, 9.17) is 10.4 Å². The Morgan fingerprint density at radius 3 is 2.21 bits per heavy atom.